The fourth-order valence-corrected chi connectivity index (χ4v) is 5.37. The summed E-state index contributed by atoms with van der Waals surface area (Å²) in [4.78, 5) is 28.4. The number of amides is 2. The van der Waals surface area contributed by atoms with Gasteiger partial charge in [-0.05, 0) is 62.3 Å². The van der Waals surface area contributed by atoms with Crippen LogP contribution in [0.5, 0.6) is 0 Å². The molecule has 5 nitrogen and oxygen atoms in total. The summed E-state index contributed by atoms with van der Waals surface area (Å²) in [6.07, 6.45) is 4.31. The second-order valence-electron chi connectivity index (χ2n) is 7.64. The largest absolute Gasteiger partial charge is 0.316 e. The first-order valence-corrected chi connectivity index (χ1v) is 10.5. The Morgan fingerprint density at radius 3 is 2.86 bits per heavy atom. The Hall–Kier alpha value is -2.65. The summed E-state index contributed by atoms with van der Waals surface area (Å²) in [5, 5.41) is 13.2. The first-order valence-electron chi connectivity index (χ1n) is 9.71. The molecular formula is C22H23N3O2S. The predicted molar refractivity (Wildman–Crippen MR) is 111 cm³/mol. The Morgan fingerprint density at radius 1 is 1.29 bits per heavy atom. The van der Waals surface area contributed by atoms with Crippen molar-refractivity contribution < 1.29 is 9.59 Å². The Balaban J connectivity index is 1.53. The van der Waals surface area contributed by atoms with Crippen LogP contribution in [0.4, 0.5) is 10.7 Å². The van der Waals surface area contributed by atoms with Crippen LogP contribution in [0.3, 0.4) is 0 Å². The molecule has 1 aliphatic carbocycles. The molecule has 1 saturated heterocycles. The van der Waals surface area contributed by atoms with E-state index < -0.39 is 5.92 Å². The number of carbonyl (C=O) groups excluding carboxylic acids is 2. The standard InChI is InChI=1S/C22H23N3O2S/c1-13-6-5-8-18(14(13)2)25-12-15(10-20(25)26)21(27)24-22-17(11-23)16-7-3-4-9-19(16)28-22/h5-6,8,15H,3-4,7,9-10,12H2,1-2H3,(H,24,27)/t15-/m0/s1. The molecule has 2 aromatic rings. The first kappa shape index (κ1) is 18.7. The molecule has 2 aliphatic rings. The molecule has 1 fully saturated rings. The van der Waals surface area contributed by atoms with E-state index in [1.165, 1.54) is 16.2 Å². The molecule has 6 heteroatoms. The van der Waals surface area contributed by atoms with Gasteiger partial charge in [-0.2, -0.15) is 5.26 Å². The second-order valence-corrected chi connectivity index (χ2v) is 8.75. The summed E-state index contributed by atoms with van der Waals surface area (Å²) < 4.78 is 0. The molecular weight excluding hydrogens is 370 g/mol. The maximum absolute atomic E-state index is 12.9. The highest BCUT2D eigenvalue weighted by Gasteiger charge is 2.36. The number of fused-ring (bicyclic) bond motifs is 1. The van der Waals surface area contributed by atoms with Crippen molar-refractivity contribution in [1.82, 2.24) is 0 Å². The monoisotopic (exact) mass is 393 g/mol. The molecule has 1 aromatic heterocycles. The van der Waals surface area contributed by atoms with E-state index in [4.69, 9.17) is 0 Å². The van der Waals surface area contributed by atoms with Gasteiger partial charge in [0, 0.05) is 23.5 Å². The molecule has 2 amide bonds. The summed E-state index contributed by atoms with van der Waals surface area (Å²) in [5.41, 5.74) is 4.79. The lowest BCUT2D eigenvalue weighted by molar-refractivity contribution is -0.122. The van der Waals surface area contributed by atoms with Crippen molar-refractivity contribution in [1.29, 1.82) is 5.26 Å². The smallest absolute Gasteiger partial charge is 0.230 e. The fraction of sp³-hybridized carbons (Fsp3) is 0.409. The molecule has 144 valence electrons. The van der Waals surface area contributed by atoms with Gasteiger partial charge in [0.2, 0.25) is 11.8 Å². The third-order valence-corrected chi connectivity index (χ3v) is 7.09. The number of nitrogens with zero attached hydrogens (tertiary/aromatic N) is 2. The molecule has 1 aromatic carbocycles. The lowest BCUT2D eigenvalue weighted by Crippen LogP contribution is -2.28. The Labute approximate surface area is 169 Å². The highest BCUT2D eigenvalue weighted by atomic mass is 32.1. The normalized spacial score (nSPS) is 18.7. The number of nitriles is 1. The zero-order chi connectivity index (χ0) is 19.8. The van der Waals surface area contributed by atoms with Crippen molar-refractivity contribution in [2.75, 3.05) is 16.8 Å². The molecule has 4 rings (SSSR count). The van der Waals surface area contributed by atoms with E-state index in [-0.39, 0.29) is 18.2 Å². The van der Waals surface area contributed by atoms with Gasteiger partial charge in [0.25, 0.3) is 0 Å². The first-order chi connectivity index (χ1) is 13.5. The molecule has 2 heterocycles. The average molecular weight is 394 g/mol. The highest BCUT2D eigenvalue weighted by molar-refractivity contribution is 7.16. The Kier molecular flexibility index (Phi) is 4.94. The van der Waals surface area contributed by atoms with Crippen molar-refractivity contribution in [2.24, 2.45) is 5.92 Å². The molecule has 0 bridgehead atoms. The number of carbonyl (C=O) groups is 2. The van der Waals surface area contributed by atoms with Gasteiger partial charge >= 0.3 is 0 Å². The van der Waals surface area contributed by atoms with Crippen LogP contribution in [-0.2, 0) is 22.4 Å². The number of hydrogen-bond acceptors (Lipinski definition) is 4. The molecule has 1 aliphatic heterocycles. The molecule has 0 saturated carbocycles. The fourth-order valence-electron chi connectivity index (χ4n) is 4.13. The van der Waals surface area contributed by atoms with E-state index in [0.29, 0.717) is 17.1 Å². The van der Waals surface area contributed by atoms with Crippen molar-refractivity contribution >= 4 is 33.8 Å². The summed E-state index contributed by atoms with van der Waals surface area (Å²) in [6.45, 7) is 4.40. The van der Waals surface area contributed by atoms with Crippen LogP contribution in [0, 0.1) is 31.1 Å². The second kappa shape index (κ2) is 7.40. The van der Waals surface area contributed by atoms with E-state index in [2.05, 4.69) is 11.4 Å². The van der Waals surface area contributed by atoms with E-state index in [1.54, 1.807) is 4.90 Å². The maximum atomic E-state index is 12.9. The molecule has 1 atom stereocenters. The summed E-state index contributed by atoms with van der Waals surface area (Å²) in [5.74, 6) is -0.603. The summed E-state index contributed by atoms with van der Waals surface area (Å²) in [6, 6.07) is 8.16. The number of nitrogens with one attached hydrogen (secondary N) is 1. The van der Waals surface area contributed by atoms with Crippen molar-refractivity contribution in [3.05, 3.63) is 45.3 Å². The molecule has 0 unspecified atom stereocenters. The zero-order valence-corrected chi connectivity index (χ0v) is 17.0. The van der Waals surface area contributed by atoms with E-state index in [9.17, 15) is 14.9 Å². The van der Waals surface area contributed by atoms with Gasteiger partial charge in [-0.3, -0.25) is 9.59 Å². The van der Waals surface area contributed by atoms with Crippen LogP contribution in [0.25, 0.3) is 0 Å². The van der Waals surface area contributed by atoms with Crippen LogP contribution in [0.15, 0.2) is 18.2 Å². The Bertz CT molecular complexity index is 1000. The number of anilines is 2. The van der Waals surface area contributed by atoms with Crippen molar-refractivity contribution in [2.45, 2.75) is 46.0 Å². The number of rotatable bonds is 3. The van der Waals surface area contributed by atoms with Crippen molar-refractivity contribution in [3.8, 4) is 6.07 Å². The van der Waals surface area contributed by atoms with Gasteiger partial charge < -0.3 is 10.2 Å². The highest BCUT2D eigenvalue weighted by Crippen LogP contribution is 2.38. The third-order valence-electron chi connectivity index (χ3n) is 5.88. The predicted octanol–water partition coefficient (Wildman–Crippen LogP) is 4.11. The minimum absolute atomic E-state index is 0.0279. The summed E-state index contributed by atoms with van der Waals surface area (Å²) in [7, 11) is 0. The van der Waals surface area contributed by atoms with Crippen LogP contribution < -0.4 is 10.2 Å². The maximum Gasteiger partial charge on any atom is 0.230 e. The van der Waals surface area contributed by atoms with Gasteiger partial charge in [0.05, 0.1) is 11.5 Å². The van der Waals surface area contributed by atoms with Gasteiger partial charge in [-0.1, -0.05) is 12.1 Å². The number of thiophene rings is 1. The average Bonchev–Trinajstić information content (AvgIpc) is 3.24. The SMILES string of the molecule is Cc1cccc(N2C[C@@H](C(=O)Nc3sc4c(c3C#N)CCCC4)CC2=O)c1C. The third kappa shape index (κ3) is 3.20. The topological polar surface area (TPSA) is 73.2 Å². The number of benzene rings is 1. The number of hydrogen-bond donors (Lipinski definition) is 1. The zero-order valence-electron chi connectivity index (χ0n) is 16.2. The minimum Gasteiger partial charge on any atom is -0.316 e. The number of aryl methyl sites for hydroxylation is 2. The van der Waals surface area contributed by atoms with E-state index in [0.717, 1.165) is 48.1 Å². The lowest BCUT2D eigenvalue weighted by atomic mass is 9.96. The quantitative estimate of drug-likeness (QED) is 0.853. The van der Waals surface area contributed by atoms with Crippen LogP contribution in [0.1, 0.15) is 46.4 Å². The van der Waals surface area contributed by atoms with Gasteiger partial charge in [-0.15, -0.1) is 11.3 Å². The van der Waals surface area contributed by atoms with E-state index in [1.807, 2.05) is 32.0 Å². The van der Waals surface area contributed by atoms with Crippen LogP contribution in [-0.4, -0.2) is 18.4 Å². The van der Waals surface area contributed by atoms with Crippen molar-refractivity contribution in [3.63, 3.8) is 0 Å². The van der Waals surface area contributed by atoms with E-state index >= 15 is 0 Å². The summed E-state index contributed by atoms with van der Waals surface area (Å²) >= 11 is 1.52. The molecule has 0 radical (unpaired) electrons. The molecule has 1 N–H and O–H groups in total. The van der Waals surface area contributed by atoms with Gasteiger partial charge in [-0.25, -0.2) is 0 Å². The van der Waals surface area contributed by atoms with Gasteiger partial charge in [0.1, 0.15) is 11.1 Å². The lowest BCUT2D eigenvalue weighted by Gasteiger charge is -2.20. The van der Waals surface area contributed by atoms with Gasteiger partial charge in [0.15, 0.2) is 0 Å². The Morgan fingerprint density at radius 2 is 2.07 bits per heavy atom. The van der Waals surface area contributed by atoms with Crippen LogP contribution >= 0.6 is 11.3 Å². The van der Waals surface area contributed by atoms with Crippen LogP contribution in [0.2, 0.25) is 0 Å². The minimum atomic E-state index is -0.405. The molecule has 0 spiro atoms. The molecule has 28 heavy (non-hydrogen) atoms.